The van der Waals surface area contributed by atoms with Crippen molar-refractivity contribution in [3.05, 3.63) is 34.3 Å². The van der Waals surface area contributed by atoms with Crippen LogP contribution in [0.1, 0.15) is 16.8 Å². The van der Waals surface area contributed by atoms with E-state index in [1.807, 2.05) is 0 Å². The fraction of sp³-hybridized carbons (Fsp3) is 0.333. The van der Waals surface area contributed by atoms with E-state index in [0.29, 0.717) is 5.56 Å². The van der Waals surface area contributed by atoms with Crippen LogP contribution < -0.4 is 5.73 Å². The fourth-order valence-electron chi connectivity index (χ4n) is 2.10. The predicted octanol–water partition coefficient (Wildman–Crippen LogP) is 0.510. The van der Waals surface area contributed by atoms with Gasteiger partial charge in [0.15, 0.2) is 0 Å². The van der Waals surface area contributed by atoms with Gasteiger partial charge in [-0.25, -0.2) is 0 Å². The van der Waals surface area contributed by atoms with Crippen LogP contribution in [-0.2, 0) is 4.79 Å². The van der Waals surface area contributed by atoms with Crippen molar-refractivity contribution in [2.45, 2.75) is 18.6 Å². The molecule has 2 unspecified atom stereocenters. The number of nitrogens with zero attached hydrogens (tertiary/aromatic N) is 1. The molecule has 2 rings (SSSR count). The van der Waals surface area contributed by atoms with Crippen LogP contribution in [0.25, 0.3) is 0 Å². The molecule has 2 amide bonds. The van der Waals surface area contributed by atoms with Crippen LogP contribution in [0, 0.1) is 0 Å². The maximum absolute atomic E-state index is 12.2. The van der Waals surface area contributed by atoms with Crippen LogP contribution >= 0.6 is 15.9 Å². The molecule has 96 valence electrons. The highest BCUT2D eigenvalue weighted by Gasteiger charge is 2.38. The molecule has 0 aromatic heterocycles. The van der Waals surface area contributed by atoms with E-state index < -0.39 is 18.1 Å². The zero-order valence-electron chi connectivity index (χ0n) is 9.54. The van der Waals surface area contributed by atoms with Gasteiger partial charge >= 0.3 is 0 Å². The van der Waals surface area contributed by atoms with E-state index in [0.717, 1.165) is 4.47 Å². The zero-order chi connectivity index (χ0) is 13.3. The monoisotopic (exact) mass is 312 g/mol. The van der Waals surface area contributed by atoms with Gasteiger partial charge in [0.05, 0.1) is 6.10 Å². The molecule has 5 nitrogen and oxygen atoms in total. The van der Waals surface area contributed by atoms with Crippen molar-refractivity contribution in [3.8, 4) is 0 Å². The predicted molar refractivity (Wildman–Crippen MR) is 68.8 cm³/mol. The second kappa shape index (κ2) is 5.07. The Morgan fingerprint density at radius 1 is 1.44 bits per heavy atom. The van der Waals surface area contributed by atoms with Crippen LogP contribution in [0.5, 0.6) is 0 Å². The van der Waals surface area contributed by atoms with E-state index in [-0.39, 0.29) is 18.9 Å². The minimum Gasteiger partial charge on any atom is -0.391 e. The summed E-state index contributed by atoms with van der Waals surface area (Å²) in [6, 6.07) is 6.15. The Labute approximate surface area is 113 Å². The smallest absolute Gasteiger partial charge is 0.254 e. The normalized spacial score (nSPS) is 23.1. The van der Waals surface area contributed by atoms with Crippen molar-refractivity contribution in [1.29, 1.82) is 0 Å². The van der Waals surface area contributed by atoms with E-state index in [9.17, 15) is 14.7 Å². The molecule has 3 N–H and O–H groups in total. The van der Waals surface area contributed by atoms with Crippen LogP contribution in [-0.4, -0.2) is 40.5 Å². The molecule has 0 bridgehead atoms. The molecule has 0 spiro atoms. The summed E-state index contributed by atoms with van der Waals surface area (Å²) in [5.74, 6) is -0.883. The number of aliphatic hydroxyl groups excluding tert-OH is 1. The van der Waals surface area contributed by atoms with Gasteiger partial charge in [0.25, 0.3) is 5.91 Å². The number of carbonyl (C=O) groups is 2. The molecular formula is C12H13BrN2O3. The molecule has 1 aromatic carbocycles. The molecule has 6 heteroatoms. The Balaban J connectivity index is 2.25. The number of hydrogen-bond donors (Lipinski definition) is 2. The second-order valence-electron chi connectivity index (χ2n) is 4.28. The van der Waals surface area contributed by atoms with Gasteiger partial charge in [0.2, 0.25) is 5.91 Å². The number of aliphatic hydroxyl groups is 1. The van der Waals surface area contributed by atoms with E-state index in [1.54, 1.807) is 24.3 Å². The number of primary amides is 1. The van der Waals surface area contributed by atoms with Gasteiger partial charge in [-0.1, -0.05) is 22.0 Å². The lowest BCUT2D eigenvalue weighted by atomic mass is 10.1. The van der Waals surface area contributed by atoms with Crippen molar-refractivity contribution >= 4 is 27.7 Å². The molecule has 1 aromatic rings. The number of β-amino-alcohol motifs (C(OH)–C–C–N with tert-alkyl or cyclic N) is 1. The Hall–Kier alpha value is -1.40. The molecule has 2 atom stereocenters. The highest BCUT2D eigenvalue weighted by atomic mass is 79.9. The van der Waals surface area contributed by atoms with Gasteiger partial charge < -0.3 is 15.7 Å². The first-order chi connectivity index (χ1) is 8.49. The maximum Gasteiger partial charge on any atom is 0.254 e. The highest BCUT2D eigenvalue weighted by molar-refractivity contribution is 9.10. The molecule has 0 aliphatic carbocycles. The van der Waals surface area contributed by atoms with Gasteiger partial charge in [-0.05, 0) is 18.2 Å². The number of rotatable bonds is 2. The third kappa shape index (κ3) is 2.54. The molecule has 1 heterocycles. The lowest BCUT2D eigenvalue weighted by molar-refractivity contribution is -0.121. The van der Waals surface area contributed by atoms with Crippen LogP contribution in [0.2, 0.25) is 0 Å². The largest absolute Gasteiger partial charge is 0.391 e. The Bertz CT molecular complexity index is 492. The van der Waals surface area contributed by atoms with Gasteiger partial charge in [-0.15, -0.1) is 0 Å². The van der Waals surface area contributed by atoms with Crippen LogP contribution in [0.4, 0.5) is 0 Å². The molecule has 0 radical (unpaired) electrons. The number of carbonyl (C=O) groups excluding carboxylic acids is 2. The number of nitrogens with two attached hydrogens (primary N) is 1. The van der Waals surface area contributed by atoms with Crippen molar-refractivity contribution in [3.63, 3.8) is 0 Å². The first kappa shape index (κ1) is 13.0. The lowest BCUT2D eigenvalue weighted by Gasteiger charge is -2.21. The maximum atomic E-state index is 12.2. The standard InChI is InChI=1S/C12H13BrN2O3/c13-8-3-1-2-7(4-8)12(18)15-6-9(16)5-10(15)11(14)17/h1-4,9-10,16H,5-6H2,(H2,14,17). The molecule has 1 aliphatic heterocycles. The third-order valence-corrected chi connectivity index (χ3v) is 3.43. The summed E-state index contributed by atoms with van der Waals surface area (Å²) in [5.41, 5.74) is 5.71. The average Bonchev–Trinajstić information content (AvgIpc) is 2.70. The van der Waals surface area contributed by atoms with Crippen LogP contribution in [0.15, 0.2) is 28.7 Å². The van der Waals surface area contributed by atoms with E-state index in [2.05, 4.69) is 15.9 Å². The Morgan fingerprint density at radius 2 is 2.17 bits per heavy atom. The van der Waals surface area contributed by atoms with Gasteiger partial charge in [0, 0.05) is 23.0 Å². The summed E-state index contributed by atoms with van der Waals surface area (Å²) in [6.45, 7) is 0.138. The number of benzene rings is 1. The SMILES string of the molecule is NC(=O)C1CC(O)CN1C(=O)c1cccc(Br)c1. The summed E-state index contributed by atoms with van der Waals surface area (Å²) in [7, 11) is 0. The summed E-state index contributed by atoms with van der Waals surface area (Å²) in [6.07, 6.45) is -0.492. The molecular weight excluding hydrogens is 300 g/mol. The van der Waals surface area contributed by atoms with Crippen LogP contribution in [0.3, 0.4) is 0 Å². The quantitative estimate of drug-likeness (QED) is 0.834. The Kier molecular flexibility index (Phi) is 3.68. The second-order valence-corrected chi connectivity index (χ2v) is 5.19. The summed E-state index contributed by atoms with van der Waals surface area (Å²) in [4.78, 5) is 24.8. The number of likely N-dealkylation sites (tertiary alicyclic amines) is 1. The molecule has 18 heavy (non-hydrogen) atoms. The first-order valence-corrected chi connectivity index (χ1v) is 6.32. The minimum atomic E-state index is -0.730. The van der Waals surface area contributed by atoms with Gasteiger partial charge in [-0.2, -0.15) is 0 Å². The third-order valence-electron chi connectivity index (χ3n) is 2.94. The molecule has 1 aliphatic rings. The lowest BCUT2D eigenvalue weighted by Crippen LogP contribution is -2.43. The van der Waals surface area contributed by atoms with Crippen molar-refractivity contribution in [1.82, 2.24) is 4.90 Å². The van der Waals surface area contributed by atoms with Crippen molar-refractivity contribution in [2.24, 2.45) is 5.73 Å². The summed E-state index contributed by atoms with van der Waals surface area (Å²) >= 11 is 3.28. The number of halogens is 1. The average molecular weight is 313 g/mol. The Morgan fingerprint density at radius 3 is 2.78 bits per heavy atom. The number of hydrogen-bond acceptors (Lipinski definition) is 3. The minimum absolute atomic E-state index is 0.138. The molecule has 1 fully saturated rings. The summed E-state index contributed by atoms with van der Waals surface area (Å²) < 4.78 is 0.781. The fourth-order valence-corrected chi connectivity index (χ4v) is 2.49. The van der Waals surface area contributed by atoms with Crippen molar-refractivity contribution < 1.29 is 14.7 Å². The highest BCUT2D eigenvalue weighted by Crippen LogP contribution is 2.21. The zero-order valence-corrected chi connectivity index (χ0v) is 11.1. The van der Waals surface area contributed by atoms with Gasteiger partial charge in [-0.3, -0.25) is 9.59 Å². The van der Waals surface area contributed by atoms with E-state index >= 15 is 0 Å². The topological polar surface area (TPSA) is 83.6 Å². The van der Waals surface area contributed by atoms with Crippen molar-refractivity contribution in [2.75, 3.05) is 6.54 Å². The summed E-state index contributed by atoms with van der Waals surface area (Å²) in [5, 5.41) is 9.56. The number of amides is 2. The van der Waals surface area contributed by atoms with E-state index in [4.69, 9.17) is 5.73 Å². The first-order valence-electron chi connectivity index (χ1n) is 5.53. The molecule has 0 saturated carbocycles. The van der Waals surface area contributed by atoms with Gasteiger partial charge in [0.1, 0.15) is 6.04 Å². The van der Waals surface area contributed by atoms with E-state index in [1.165, 1.54) is 4.90 Å². The molecule has 1 saturated heterocycles.